The molecule has 0 spiro atoms. The second-order valence-corrected chi connectivity index (χ2v) is 5.22. The number of nitrogens with zero attached hydrogens (tertiary/aromatic N) is 2. The van der Waals surface area contributed by atoms with Crippen molar-refractivity contribution in [3.8, 4) is 5.75 Å². The number of hydrogen-bond acceptors (Lipinski definition) is 6. The van der Waals surface area contributed by atoms with Gasteiger partial charge in [0, 0.05) is 13.1 Å². The summed E-state index contributed by atoms with van der Waals surface area (Å²) >= 11 is 11.8. The van der Waals surface area contributed by atoms with Crippen LogP contribution in [0.25, 0.3) is 10.9 Å². The first kappa shape index (κ1) is 22.0. The Hall–Kier alpha value is -1.96. The van der Waals surface area contributed by atoms with Gasteiger partial charge in [0.05, 0.1) is 21.8 Å². The molecule has 1 aromatic carbocycles. The maximum atomic E-state index is 12.3. The summed E-state index contributed by atoms with van der Waals surface area (Å²) in [5, 5.41) is 13.5. The SMILES string of the molecule is C=O.C=O.CCCNCCn1cnc2c(O)c(Cl)cc(Cl)c2c1=O. The predicted octanol–water partition coefficient (Wildman–Crippen LogP) is 2.04. The van der Waals surface area contributed by atoms with E-state index in [2.05, 4.69) is 17.2 Å². The summed E-state index contributed by atoms with van der Waals surface area (Å²) < 4.78 is 1.46. The molecule has 1 heterocycles. The van der Waals surface area contributed by atoms with E-state index in [-0.39, 0.29) is 32.3 Å². The molecule has 0 aliphatic carbocycles. The second-order valence-electron chi connectivity index (χ2n) is 4.41. The van der Waals surface area contributed by atoms with Gasteiger partial charge in [-0.25, -0.2) is 4.98 Å². The molecule has 7 nitrogen and oxygen atoms in total. The Balaban J connectivity index is 0.00000123. The number of aromatic nitrogens is 2. The number of halogens is 2. The molecule has 1 aromatic heterocycles. The minimum absolute atomic E-state index is 0.0803. The fourth-order valence-electron chi connectivity index (χ4n) is 1.91. The topological polar surface area (TPSA) is 101 Å². The Morgan fingerprint density at radius 2 is 1.83 bits per heavy atom. The first-order valence-corrected chi connectivity index (χ1v) is 7.66. The van der Waals surface area contributed by atoms with Crippen molar-refractivity contribution < 1.29 is 14.7 Å². The van der Waals surface area contributed by atoms with Crippen molar-refractivity contribution in [2.75, 3.05) is 13.1 Å². The van der Waals surface area contributed by atoms with Crippen LogP contribution in [0.2, 0.25) is 10.0 Å². The van der Waals surface area contributed by atoms with Crippen LogP contribution >= 0.6 is 23.2 Å². The number of carbonyl (C=O) groups is 2. The Labute approximate surface area is 149 Å². The highest BCUT2D eigenvalue weighted by molar-refractivity contribution is 6.39. The fraction of sp³-hybridized carbons (Fsp3) is 0.333. The van der Waals surface area contributed by atoms with Gasteiger partial charge in [-0.15, -0.1) is 0 Å². The van der Waals surface area contributed by atoms with Crippen LogP contribution < -0.4 is 10.9 Å². The van der Waals surface area contributed by atoms with E-state index in [4.69, 9.17) is 32.8 Å². The van der Waals surface area contributed by atoms with Gasteiger partial charge in [0.1, 0.15) is 19.1 Å². The Kier molecular flexibility index (Phi) is 10.6. The standard InChI is InChI=1S/C13H15Cl2N3O2.2CH2O/c1-2-3-16-4-5-18-7-17-11-10(13(18)20)8(14)6-9(15)12(11)19;2*1-2/h6-7,16,19H,2-5H2,1H3;2*1H2. The summed E-state index contributed by atoms with van der Waals surface area (Å²) in [6.45, 7) is 8.12. The highest BCUT2D eigenvalue weighted by atomic mass is 35.5. The second kappa shape index (κ2) is 11.6. The van der Waals surface area contributed by atoms with Gasteiger partial charge < -0.3 is 20.0 Å². The van der Waals surface area contributed by atoms with Crippen molar-refractivity contribution in [2.45, 2.75) is 19.9 Å². The molecule has 2 rings (SSSR count). The minimum Gasteiger partial charge on any atom is -0.504 e. The van der Waals surface area contributed by atoms with Crippen LogP contribution in [0.15, 0.2) is 17.2 Å². The highest BCUT2D eigenvalue weighted by Crippen LogP contribution is 2.34. The lowest BCUT2D eigenvalue weighted by Gasteiger charge is -2.09. The van der Waals surface area contributed by atoms with Crippen LogP contribution in [0.1, 0.15) is 13.3 Å². The van der Waals surface area contributed by atoms with Crippen molar-refractivity contribution in [2.24, 2.45) is 0 Å². The lowest BCUT2D eigenvalue weighted by Crippen LogP contribution is -2.27. The fourth-order valence-corrected chi connectivity index (χ4v) is 2.44. The summed E-state index contributed by atoms with van der Waals surface area (Å²) in [5.41, 5.74) is -0.157. The van der Waals surface area contributed by atoms with Gasteiger partial charge in [-0.3, -0.25) is 9.36 Å². The number of benzene rings is 1. The number of rotatable bonds is 5. The Bertz CT molecular complexity index is 720. The first-order valence-electron chi connectivity index (χ1n) is 6.90. The van der Waals surface area contributed by atoms with E-state index in [0.717, 1.165) is 13.0 Å². The molecular weight excluding hydrogens is 357 g/mol. The summed E-state index contributed by atoms with van der Waals surface area (Å²) in [6, 6.07) is 1.35. The zero-order valence-corrected chi connectivity index (χ0v) is 14.7. The van der Waals surface area contributed by atoms with E-state index in [1.165, 1.54) is 17.0 Å². The summed E-state index contributed by atoms with van der Waals surface area (Å²) in [5.74, 6) is -0.223. The molecule has 0 bridgehead atoms. The third-order valence-electron chi connectivity index (χ3n) is 2.94. The number of fused-ring (bicyclic) bond motifs is 1. The minimum atomic E-state index is -0.287. The van der Waals surface area contributed by atoms with Gasteiger partial charge in [-0.2, -0.15) is 0 Å². The van der Waals surface area contributed by atoms with E-state index in [9.17, 15) is 9.90 Å². The van der Waals surface area contributed by atoms with Gasteiger partial charge in [0.25, 0.3) is 5.56 Å². The van der Waals surface area contributed by atoms with Gasteiger partial charge in [0.15, 0.2) is 5.75 Å². The monoisotopic (exact) mass is 375 g/mol. The van der Waals surface area contributed by atoms with Crippen LogP contribution in [0.3, 0.4) is 0 Å². The Morgan fingerprint density at radius 1 is 1.21 bits per heavy atom. The maximum absolute atomic E-state index is 12.3. The molecule has 0 aliphatic heterocycles. The van der Waals surface area contributed by atoms with Crippen molar-refractivity contribution >= 4 is 47.7 Å². The highest BCUT2D eigenvalue weighted by Gasteiger charge is 2.14. The van der Waals surface area contributed by atoms with Crippen molar-refractivity contribution in [3.63, 3.8) is 0 Å². The third kappa shape index (κ3) is 5.30. The quantitative estimate of drug-likeness (QED) is 0.775. The van der Waals surface area contributed by atoms with Crippen molar-refractivity contribution in [1.29, 1.82) is 0 Å². The van der Waals surface area contributed by atoms with Crippen LogP contribution in [0.5, 0.6) is 5.75 Å². The number of nitrogens with one attached hydrogen (secondary N) is 1. The molecule has 0 unspecified atom stereocenters. The molecule has 2 N–H and O–H groups in total. The lowest BCUT2D eigenvalue weighted by molar-refractivity contribution is -0.0987. The molecule has 24 heavy (non-hydrogen) atoms. The summed E-state index contributed by atoms with van der Waals surface area (Å²) in [7, 11) is 0. The van der Waals surface area contributed by atoms with Gasteiger partial charge >= 0.3 is 0 Å². The number of hydrogen-bond donors (Lipinski definition) is 2. The molecule has 9 heteroatoms. The molecule has 0 atom stereocenters. The van der Waals surface area contributed by atoms with E-state index < -0.39 is 0 Å². The first-order chi connectivity index (χ1) is 11.6. The molecule has 132 valence electrons. The van der Waals surface area contributed by atoms with Crippen LogP contribution in [-0.4, -0.2) is 41.3 Å². The number of phenols is 1. The van der Waals surface area contributed by atoms with Crippen LogP contribution in [0.4, 0.5) is 0 Å². The molecule has 0 saturated heterocycles. The zero-order valence-electron chi connectivity index (χ0n) is 13.2. The Morgan fingerprint density at radius 3 is 2.42 bits per heavy atom. The zero-order chi connectivity index (χ0) is 18.7. The van der Waals surface area contributed by atoms with E-state index in [0.29, 0.717) is 13.1 Å². The average Bonchev–Trinajstić information content (AvgIpc) is 2.61. The molecule has 0 saturated carbocycles. The largest absolute Gasteiger partial charge is 0.504 e. The van der Waals surface area contributed by atoms with E-state index in [1.807, 2.05) is 13.6 Å². The summed E-state index contributed by atoms with van der Waals surface area (Å²) in [6.07, 6.45) is 2.42. The molecule has 0 amide bonds. The van der Waals surface area contributed by atoms with E-state index in [1.54, 1.807) is 0 Å². The van der Waals surface area contributed by atoms with Crippen molar-refractivity contribution in [1.82, 2.24) is 14.9 Å². The summed E-state index contributed by atoms with van der Waals surface area (Å²) in [4.78, 5) is 32.4. The van der Waals surface area contributed by atoms with Gasteiger partial charge in [-0.05, 0) is 19.0 Å². The van der Waals surface area contributed by atoms with E-state index >= 15 is 0 Å². The molecule has 2 aromatic rings. The molecule has 0 aliphatic rings. The van der Waals surface area contributed by atoms with Crippen molar-refractivity contribution in [3.05, 3.63) is 32.8 Å². The third-order valence-corrected chi connectivity index (χ3v) is 3.52. The van der Waals surface area contributed by atoms with Gasteiger partial charge in [0.2, 0.25) is 0 Å². The van der Waals surface area contributed by atoms with Gasteiger partial charge in [-0.1, -0.05) is 30.1 Å². The number of phenolic OH excluding ortho intramolecular Hbond substituents is 1. The lowest BCUT2D eigenvalue weighted by atomic mass is 10.2. The molecular formula is C15H19Cl2N3O4. The number of carbonyl (C=O) groups excluding carboxylic acids is 2. The smallest absolute Gasteiger partial charge is 0.262 e. The normalized spacial score (nSPS) is 9.62. The average molecular weight is 376 g/mol. The predicted molar refractivity (Wildman–Crippen MR) is 95.1 cm³/mol. The number of aromatic hydroxyl groups is 1. The molecule has 0 fully saturated rings. The molecule has 0 radical (unpaired) electrons. The maximum Gasteiger partial charge on any atom is 0.262 e. The van der Waals surface area contributed by atoms with Crippen LogP contribution in [-0.2, 0) is 16.1 Å². The van der Waals surface area contributed by atoms with Crippen LogP contribution in [0, 0.1) is 0 Å².